The Hall–Kier alpha value is -1.75. The van der Waals surface area contributed by atoms with Crippen molar-refractivity contribution < 1.29 is 14.3 Å². The number of amides is 1. The molecule has 0 spiro atoms. The molecule has 1 heterocycles. The maximum absolute atomic E-state index is 11.9. The van der Waals surface area contributed by atoms with Crippen LogP contribution in [0.1, 0.15) is 18.4 Å². The van der Waals surface area contributed by atoms with Crippen molar-refractivity contribution >= 4 is 11.6 Å². The van der Waals surface area contributed by atoms with Gasteiger partial charge in [-0.3, -0.25) is 4.79 Å². The molecule has 0 radical (unpaired) electrons. The van der Waals surface area contributed by atoms with Gasteiger partial charge in [0.05, 0.1) is 25.3 Å². The zero-order chi connectivity index (χ0) is 13.7. The number of rotatable bonds is 4. The zero-order valence-electron chi connectivity index (χ0n) is 11.1. The fraction of sp³-hybridized carbons (Fsp3) is 0.500. The summed E-state index contributed by atoms with van der Waals surface area (Å²) in [6, 6.07) is 5.52. The topological polar surface area (TPSA) is 73.6 Å². The van der Waals surface area contributed by atoms with Gasteiger partial charge < -0.3 is 20.5 Å². The Morgan fingerprint density at radius 3 is 3.05 bits per heavy atom. The van der Waals surface area contributed by atoms with Crippen molar-refractivity contribution in [2.45, 2.75) is 19.4 Å². The smallest absolute Gasteiger partial charge is 0.225 e. The van der Waals surface area contributed by atoms with E-state index in [2.05, 4.69) is 5.32 Å². The first-order valence-corrected chi connectivity index (χ1v) is 6.48. The molecule has 1 aromatic carbocycles. The minimum atomic E-state index is -0.0238. The summed E-state index contributed by atoms with van der Waals surface area (Å²) in [5.41, 5.74) is 7.36. The Morgan fingerprint density at radius 1 is 1.58 bits per heavy atom. The average molecular weight is 264 g/mol. The molecule has 2 rings (SSSR count). The van der Waals surface area contributed by atoms with E-state index < -0.39 is 0 Å². The standard InChI is InChI=1S/C14H20N2O3/c1-18-13-5-4-10(7-12(13)15)8-16-14(17)11-3-2-6-19-9-11/h4-5,7,11H,2-3,6,8-9,15H2,1H3,(H,16,17). The van der Waals surface area contributed by atoms with Crippen molar-refractivity contribution in [1.29, 1.82) is 0 Å². The van der Waals surface area contributed by atoms with Crippen LogP contribution in [0.2, 0.25) is 0 Å². The largest absolute Gasteiger partial charge is 0.495 e. The first kappa shape index (κ1) is 13.7. The molecular formula is C14H20N2O3. The Labute approximate surface area is 113 Å². The number of nitrogens with two attached hydrogens (primary N) is 1. The van der Waals surface area contributed by atoms with Crippen LogP contribution in [-0.4, -0.2) is 26.2 Å². The molecule has 5 nitrogen and oxygen atoms in total. The summed E-state index contributed by atoms with van der Waals surface area (Å²) < 4.78 is 10.4. The predicted octanol–water partition coefficient (Wildman–Crippen LogP) is 1.32. The molecule has 0 bridgehead atoms. The number of carbonyl (C=O) groups is 1. The van der Waals surface area contributed by atoms with Crippen molar-refractivity contribution in [1.82, 2.24) is 5.32 Å². The first-order valence-electron chi connectivity index (χ1n) is 6.48. The molecule has 0 aliphatic carbocycles. The number of carbonyl (C=O) groups excluding carboxylic acids is 1. The van der Waals surface area contributed by atoms with Crippen molar-refractivity contribution in [2.24, 2.45) is 5.92 Å². The van der Waals surface area contributed by atoms with E-state index in [0.717, 1.165) is 25.0 Å². The van der Waals surface area contributed by atoms with Crippen LogP contribution in [0.25, 0.3) is 0 Å². The number of methoxy groups -OCH3 is 1. The quantitative estimate of drug-likeness (QED) is 0.804. The molecule has 104 valence electrons. The van der Waals surface area contributed by atoms with E-state index in [1.807, 2.05) is 12.1 Å². The van der Waals surface area contributed by atoms with E-state index in [9.17, 15) is 4.79 Å². The monoisotopic (exact) mass is 264 g/mol. The lowest BCUT2D eigenvalue weighted by Gasteiger charge is -2.21. The zero-order valence-corrected chi connectivity index (χ0v) is 11.1. The molecule has 19 heavy (non-hydrogen) atoms. The van der Waals surface area contributed by atoms with Crippen LogP contribution < -0.4 is 15.8 Å². The molecule has 1 aliphatic heterocycles. The fourth-order valence-electron chi connectivity index (χ4n) is 2.17. The molecule has 0 saturated carbocycles. The highest BCUT2D eigenvalue weighted by Crippen LogP contribution is 2.22. The molecule has 1 unspecified atom stereocenters. The molecule has 1 amide bonds. The summed E-state index contributed by atoms with van der Waals surface area (Å²) in [6.45, 7) is 1.76. The van der Waals surface area contributed by atoms with Crippen molar-refractivity contribution in [3.63, 3.8) is 0 Å². The van der Waals surface area contributed by atoms with E-state index in [-0.39, 0.29) is 11.8 Å². The Morgan fingerprint density at radius 2 is 2.42 bits per heavy atom. The normalized spacial score (nSPS) is 18.9. The van der Waals surface area contributed by atoms with Crippen LogP contribution in [0.4, 0.5) is 5.69 Å². The van der Waals surface area contributed by atoms with E-state index in [1.54, 1.807) is 13.2 Å². The van der Waals surface area contributed by atoms with E-state index >= 15 is 0 Å². The van der Waals surface area contributed by atoms with E-state index in [4.69, 9.17) is 15.2 Å². The third-order valence-corrected chi connectivity index (χ3v) is 3.29. The highest BCUT2D eigenvalue weighted by atomic mass is 16.5. The van der Waals surface area contributed by atoms with Crippen LogP contribution in [0, 0.1) is 5.92 Å². The second kappa shape index (κ2) is 6.43. The number of anilines is 1. The lowest BCUT2D eigenvalue weighted by Crippen LogP contribution is -2.35. The van der Waals surface area contributed by atoms with Gasteiger partial charge in [-0.15, -0.1) is 0 Å². The maximum atomic E-state index is 11.9. The number of ether oxygens (including phenoxy) is 2. The van der Waals surface area contributed by atoms with Crippen LogP contribution in [0.15, 0.2) is 18.2 Å². The fourth-order valence-corrected chi connectivity index (χ4v) is 2.17. The van der Waals surface area contributed by atoms with Gasteiger partial charge in [-0.1, -0.05) is 6.07 Å². The summed E-state index contributed by atoms with van der Waals surface area (Å²) >= 11 is 0. The maximum Gasteiger partial charge on any atom is 0.225 e. The van der Waals surface area contributed by atoms with Crippen LogP contribution in [-0.2, 0) is 16.1 Å². The van der Waals surface area contributed by atoms with Gasteiger partial charge in [-0.05, 0) is 30.5 Å². The number of nitrogens with one attached hydrogen (secondary N) is 1. The summed E-state index contributed by atoms with van der Waals surface area (Å²) in [5, 5.41) is 2.92. The average Bonchev–Trinajstić information content (AvgIpc) is 2.46. The molecule has 1 aromatic rings. The number of benzene rings is 1. The lowest BCUT2D eigenvalue weighted by atomic mass is 10.0. The molecule has 1 aliphatic rings. The van der Waals surface area contributed by atoms with Crippen molar-refractivity contribution in [2.75, 3.05) is 26.1 Å². The van der Waals surface area contributed by atoms with E-state index in [0.29, 0.717) is 24.6 Å². The molecule has 1 saturated heterocycles. The highest BCUT2D eigenvalue weighted by molar-refractivity contribution is 5.78. The van der Waals surface area contributed by atoms with Gasteiger partial charge in [0.1, 0.15) is 5.75 Å². The van der Waals surface area contributed by atoms with Gasteiger partial charge in [0, 0.05) is 13.2 Å². The minimum Gasteiger partial charge on any atom is -0.495 e. The first-order chi connectivity index (χ1) is 9.20. The van der Waals surface area contributed by atoms with Gasteiger partial charge in [-0.2, -0.15) is 0 Å². The SMILES string of the molecule is COc1ccc(CNC(=O)C2CCCOC2)cc1N. The molecule has 0 aromatic heterocycles. The Bertz CT molecular complexity index is 442. The Balaban J connectivity index is 1.87. The summed E-state index contributed by atoms with van der Waals surface area (Å²) in [6.07, 6.45) is 1.85. The van der Waals surface area contributed by atoms with Gasteiger partial charge in [-0.25, -0.2) is 0 Å². The third-order valence-electron chi connectivity index (χ3n) is 3.29. The molecule has 5 heteroatoms. The molecular weight excluding hydrogens is 244 g/mol. The van der Waals surface area contributed by atoms with Gasteiger partial charge in [0.25, 0.3) is 0 Å². The Kier molecular flexibility index (Phi) is 4.63. The van der Waals surface area contributed by atoms with Crippen molar-refractivity contribution in [3.8, 4) is 5.75 Å². The summed E-state index contributed by atoms with van der Waals surface area (Å²) in [4.78, 5) is 11.9. The molecule has 1 atom stereocenters. The predicted molar refractivity (Wildman–Crippen MR) is 72.8 cm³/mol. The summed E-state index contributed by atoms with van der Waals surface area (Å²) in [7, 11) is 1.58. The number of hydrogen-bond donors (Lipinski definition) is 2. The van der Waals surface area contributed by atoms with Gasteiger partial charge >= 0.3 is 0 Å². The van der Waals surface area contributed by atoms with Crippen LogP contribution >= 0.6 is 0 Å². The van der Waals surface area contributed by atoms with Crippen LogP contribution in [0.3, 0.4) is 0 Å². The number of nitrogen functional groups attached to an aromatic ring is 1. The van der Waals surface area contributed by atoms with Crippen LogP contribution in [0.5, 0.6) is 5.75 Å². The second-order valence-corrected chi connectivity index (χ2v) is 4.71. The third kappa shape index (κ3) is 3.61. The van der Waals surface area contributed by atoms with Gasteiger partial charge in [0.15, 0.2) is 0 Å². The van der Waals surface area contributed by atoms with E-state index in [1.165, 1.54) is 0 Å². The second-order valence-electron chi connectivity index (χ2n) is 4.71. The lowest BCUT2D eigenvalue weighted by molar-refractivity contribution is -0.129. The molecule has 1 fully saturated rings. The summed E-state index contributed by atoms with van der Waals surface area (Å²) in [5.74, 6) is 0.675. The molecule has 3 N–H and O–H groups in total. The number of hydrogen-bond acceptors (Lipinski definition) is 4. The minimum absolute atomic E-state index is 0.0238. The van der Waals surface area contributed by atoms with Gasteiger partial charge in [0.2, 0.25) is 5.91 Å². The van der Waals surface area contributed by atoms with Crippen molar-refractivity contribution in [3.05, 3.63) is 23.8 Å². The highest BCUT2D eigenvalue weighted by Gasteiger charge is 2.21.